The molecular weight excluding hydrogens is 429 g/mol. The summed E-state index contributed by atoms with van der Waals surface area (Å²) in [5.74, 6) is 0. The molecule has 0 saturated heterocycles. The highest BCUT2D eigenvalue weighted by atomic mass is 79.9. The molecule has 3 nitrogen and oxygen atoms in total. The molecule has 3 rings (SSSR count). The molecule has 144 valence electrons. The Morgan fingerprint density at radius 1 is 0.786 bits per heavy atom. The molecule has 0 aliphatic rings. The second-order valence-corrected chi connectivity index (χ2v) is 10.2. The molecule has 0 aromatic heterocycles. The molecule has 0 spiro atoms. The first-order valence-electron chi connectivity index (χ1n) is 9.40. The van der Waals surface area contributed by atoms with Crippen molar-refractivity contribution >= 4 is 23.2 Å². The zero-order valence-electron chi connectivity index (χ0n) is 16.0. The van der Waals surface area contributed by atoms with Crippen LogP contribution < -0.4 is 32.9 Å². The minimum Gasteiger partial charge on any atom is -1.00 e. The van der Waals surface area contributed by atoms with Gasteiger partial charge >= 0.3 is 0 Å². The molecule has 3 aromatic carbocycles. The molecule has 5 heteroatoms. The molecular formula is C23H25BrN3P. The smallest absolute Gasteiger partial charge is 0.112 e. The molecule has 1 unspecified atom stereocenters. The maximum Gasteiger partial charge on any atom is 0.112 e. The fourth-order valence-electron chi connectivity index (χ4n) is 3.64. The first-order chi connectivity index (χ1) is 13.3. The molecule has 0 saturated carbocycles. The third kappa shape index (κ3) is 4.83. The highest BCUT2D eigenvalue weighted by molar-refractivity contribution is 7.95. The van der Waals surface area contributed by atoms with Crippen molar-refractivity contribution in [3.63, 3.8) is 0 Å². The first-order valence-corrected chi connectivity index (χ1v) is 11.4. The van der Waals surface area contributed by atoms with Crippen LogP contribution in [0.1, 0.15) is 19.8 Å². The van der Waals surface area contributed by atoms with Crippen LogP contribution >= 0.6 is 7.26 Å². The summed E-state index contributed by atoms with van der Waals surface area (Å²) in [6.07, 6.45) is 2.73. The van der Waals surface area contributed by atoms with Crippen molar-refractivity contribution in [3.05, 3.63) is 101 Å². The fourth-order valence-corrected chi connectivity index (χ4v) is 8.04. The van der Waals surface area contributed by atoms with Crippen molar-refractivity contribution < 1.29 is 17.0 Å². The third-order valence-corrected chi connectivity index (χ3v) is 9.54. The van der Waals surface area contributed by atoms with Gasteiger partial charge in [0.05, 0.1) is 6.16 Å². The lowest BCUT2D eigenvalue weighted by atomic mass is 10.2. The highest BCUT2D eigenvalue weighted by Crippen LogP contribution is 2.56. The van der Waals surface area contributed by atoms with Crippen LogP contribution in [0.3, 0.4) is 0 Å². The number of nitrogens with zero attached hydrogens (tertiary/aromatic N) is 3. The van der Waals surface area contributed by atoms with Crippen LogP contribution in [0.15, 0.2) is 96.1 Å². The topological polar surface area (TPSA) is 48.8 Å². The number of benzene rings is 3. The van der Waals surface area contributed by atoms with Crippen molar-refractivity contribution in [1.29, 1.82) is 0 Å². The van der Waals surface area contributed by atoms with E-state index in [0.29, 0.717) is 0 Å². The zero-order valence-corrected chi connectivity index (χ0v) is 18.5. The van der Waals surface area contributed by atoms with E-state index in [1.807, 2.05) is 0 Å². The summed E-state index contributed by atoms with van der Waals surface area (Å²) < 4.78 is 0. The van der Waals surface area contributed by atoms with Crippen molar-refractivity contribution in [2.24, 2.45) is 5.11 Å². The summed E-state index contributed by atoms with van der Waals surface area (Å²) in [5, 5.41) is 8.15. The van der Waals surface area contributed by atoms with Crippen LogP contribution in [0, 0.1) is 0 Å². The zero-order chi connectivity index (χ0) is 19.0. The average Bonchev–Trinajstić information content (AvgIpc) is 2.75. The molecule has 0 aliphatic heterocycles. The largest absolute Gasteiger partial charge is 1.00 e. The lowest BCUT2D eigenvalue weighted by molar-refractivity contribution is -0.00000545. The van der Waals surface area contributed by atoms with Gasteiger partial charge in [-0.1, -0.05) is 66.6 Å². The molecule has 28 heavy (non-hydrogen) atoms. The van der Waals surface area contributed by atoms with Crippen molar-refractivity contribution in [1.82, 2.24) is 0 Å². The molecule has 0 radical (unpaired) electrons. The van der Waals surface area contributed by atoms with Gasteiger partial charge in [0, 0.05) is 11.0 Å². The van der Waals surface area contributed by atoms with E-state index < -0.39 is 7.26 Å². The van der Waals surface area contributed by atoms with Crippen LogP contribution in [0.25, 0.3) is 10.4 Å². The minimum atomic E-state index is -1.83. The molecule has 3 aromatic rings. The number of hydrogen-bond donors (Lipinski definition) is 0. The van der Waals surface area contributed by atoms with Gasteiger partial charge in [-0.3, -0.25) is 0 Å². The number of halogens is 1. The molecule has 0 heterocycles. The number of hydrogen-bond acceptors (Lipinski definition) is 1. The van der Waals surface area contributed by atoms with Gasteiger partial charge < -0.3 is 17.0 Å². The van der Waals surface area contributed by atoms with E-state index in [-0.39, 0.29) is 23.0 Å². The van der Waals surface area contributed by atoms with Gasteiger partial charge in [-0.15, -0.1) is 0 Å². The van der Waals surface area contributed by atoms with Crippen LogP contribution in [0.5, 0.6) is 0 Å². The molecule has 0 amide bonds. The molecule has 0 bridgehead atoms. The Morgan fingerprint density at radius 3 is 1.50 bits per heavy atom. The molecule has 0 fully saturated rings. The summed E-state index contributed by atoms with van der Waals surface area (Å²) in [6, 6.07) is 32.5. The number of rotatable bonds is 8. The Labute approximate surface area is 178 Å². The van der Waals surface area contributed by atoms with E-state index in [0.717, 1.165) is 19.0 Å². The minimum absolute atomic E-state index is 0. The Bertz CT molecular complexity index is 785. The summed E-state index contributed by atoms with van der Waals surface area (Å²) in [5.41, 5.74) is 8.92. The predicted octanol–water partition coefficient (Wildman–Crippen LogP) is 2.46. The highest BCUT2D eigenvalue weighted by Gasteiger charge is 2.44. The van der Waals surface area contributed by atoms with Gasteiger partial charge in [-0.25, -0.2) is 0 Å². The van der Waals surface area contributed by atoms with Crippen molar-refractivity contribution in [2.75, 3.05) is 6.16 Å². The molecule has 0 N–H and O–H groups in total. The van der Waals surface area contributed by atoms with Crippen LogP contribution in [0.4, 0.5) is 0 Å². The van der Waals surface area contributed by atoms with Gasteiger partial charge in [0.1, 0.15) is 23.2 Å². The van der Waals surface area contributed by atoms with E-state index in [2.05, 4.69) is 108 Å². The summed E-state index contributed by atoms with van der Waals surface area (Å²) >= 11 is 0. The first kappa shape index (κ1) is 22.2. The van der Waals surface area contributed by atoms with Gasteiger partial charge in [0.15, 0.2) is 0 Å². The van der Waals surface area contributed by atoms with Crippen molar-refractivity contribution in [2.45, 2.75) is 25.8 Å². The summed E-state index contributed by atoms with van der Waals surface area (Å²) in [7, 11) is -1.83. The summed E-state index contributed by atoms with van der Waals surface area (Å²) in [6.45, 7) is 2.09. The van der Waals surface area contributed by atoms with Gasteiger partial charge in [-0.2, -0.15) is 0 Å². The van der Waals surface area contributed by atoms with E-state index in [1.54, 1.807) is 0 Å². The lowest BCUT2D eigenvalue weighted by Crippen LogP contribution is -3.00. The maximum atomic E-state index is 8.92. The Kier molecular flexibility index (Phi) is 8.73. The summed E-state index contributed by atoms with van der Waals surface area (Å²) in [4.78, 5) is 3.06. The third-order valence-electron chi connectivity index (χ3n) is 5.07. The van der Waals surface area contributed by atoms with Gasteiger partial charge in [0.2, 0.25) is 0 Å². The van der Waals surface area contributed by atoms with Crippen molar-refractivity contribution in [3.8, 4) is 0 Å². The molecule has 1 atom stereocenters. The Hall–Kier alpha value is -2.12. The second-order valence-electron chi connectivity index (χ2n) is 6.60. The van der Waals surface area contributed by atoms with Crippen LogP contribution in [-0.2, 0) is 0 Å². The van der Waals surface area contributed by atoms with Crippen LogP contribution in [0.2, 0.25) is 0 Å². The standard InChI is InChI=1S/C23H25N3P.BrH/c1-2-20(25-26-24)18-19-27(21-12-6-3-7-13-21,22-14-8-4-9-15-22)23-16-10-5-11-17-23;/h3-17,20H,2,18-19H2,1H3;1H/q+1;/p-1. The van der Waals surface area contributed by atoms with E-state index in [9.17, 15) is 0 Å². The Balaban J connectivity index is 0.00000280. The van der Waals surface area contributed by atoms with E-state index >= 15 is 0 Å². The number of azide groups is 1. The Morgan fingerprint density at radius 2 is 1.18 bits per heavy atom. The normalized spacial score (nSPS) is 11.8. The van der Waals surface area contributed by atoms with Gasteiger partial charge in [-0.05, 0) is 54.8 Å². The SMILES string of the molecule is CCC(CC[P+](c1ccccc1)(c1ccccc1)c1ccccc1)N=[N+]=[N-].[Br-]. The maximum absolute atomic E-state index is 8.92. The monoisotopic (exact) mass is 453 g/mol. The molecule has 0 aliphatic carbocycles. The fraction of sp³-hybridized carbons (Fsp3) is 0.217. The predicted molar refractivity (Wildman–Crippen MR) is 118 cm³/mol. The van der Waals surface area contributed by atoms with Crippen LogP contribution in [-0.4, -0.2) is 12.2 Å². The lowest BCUT2D eigenvalue weighted by Gasteiger charge is -2.28. The van der Waals surface area contributed by atoms with E-state index in [4.69, 9.17) is 5.53 Å². The average molecular weight is 454 g/mol. The van der Waals surface area contributed by atoms with E-state index in [1.165, 1.54) is 15.9 Å². The second kappa shape index (κ2) is 11.0. The van der Waals surface area contributed by atoms with Gasteiger partial charge in [0.25, 0.3) is 0 Å². The quantitative estimate of drug-likeness (QED) is 0.217.